The van der Waals surface area contributed by atoms with Crippen molar-refractivity contribution in [2.45, 2.75) is 33.1 Å². The molecule has 8 heteroatoms. The Bertz CT molecular complexity index is 1130. The minimum absolute atomic E-state index is 0.104. The highest BCUT2D eigenvalue weighted by Crippen LogP contribution is 2.38. The van der Waals surface area contributed by atoms with E-state index >= 15 is 0 Å². The van der Waals surface area contributed by atoms with Crippen LogP contribution in [0.1, 0.15) is 38.8 Å². The summed E-state index contributed by atoms with van der Waals surface area (Å²) in [6.07, 6.45) is 1.71. The standard InChI is InChI=1S/C25H27NO5S2/c1-6-31-19-9-7-15(16-8-10-20(30-5)18(12-16)25(2,3)4)11-17(19)13-21-23(29)26(14-22(27)28)24(32)33-21/h7-13H,6,14H2,1-5H3,(H,27,28). The molecule has 3 rings (SSSR count). The summed E-state index contributed by atoms with van der Waals surface area (Å²) >= 11 is 6.30. The van der Waals surface area contributed by atoms with Gasteiger partial charge in [-0.2, -0.15) is 0 Å². The molecule has 1 aliphatic heterocycles. The molecule has 33 heavy (non-hydrogen) atoms. The SMILES string of the molecule is CCOc1ccc(-c2ccc(OC)c(C(C)(C)C)c2)cc1C=C1SC(=S)N(CC(=O)O)C1=O. The first-order valence-electron chi connectivity index (χ1n) is 10.5. The lowest BCUT2D eigenvalue weighted by Crippen LogP contribution is -2.33. The molecule has 6 nitrogen and oxygen atoms in total. The summed E-state index contributed by atoms with van der Waals surface area (Å²) in [4.78, 5) is 25.3. The fourth-order valence-corrected chi connectivity index (χ4v) is 4.76. The van der Waals surface area contributed by atoms with Crippen LogP contribution in [0.25, 0.3) is 17.2 Å². The first kappa shape index (κ1) is 24.8. The third-order valence-corrected chi connectivity index (χ3v) is 6.48. The normalized spacial score (nSPS) is 15.3. The first-order chi connectivity index (χ1) is 15.5. The van der Waals surface area contributed by atoms with E-state index in [1.807, 2.05) is 37.3 Å². The van der Waals surface area contributed by atoms with E-state index < -0.39 is 18.4 Å². The summed E-state index contributed by atoms with van der Waals surface area (Å²) in [6.45, 7) is 8.31. The highest BCUT2D eigenvalue weighted by Gasteiger charge is 2.33. The van der Waals surface area contributed by atoms with Gasteiger partial charge < -0.3 is 14.6 Å². The zero-order chi connectivity index (χ0) is 24.3. The molecular formula is C25H27NO5S2. The number of thioether (sulfide) groups is 1. The number of hydrogen-bond donors (Lipinski definition) is 1. The number of methoxy groups -OCH3 is 1. The topological polar surface area (TPSA) is 76.1 Å². The fourth-order valence-electron chi connectivity index (χ4n) is 3.51. The van der Waals surface area contributed by atoms with Crippen LogP contribution in [0, 0.1) is 0 Å². The van der Waals surface area contributed by atoms with Gasteiger partial charge in [-0.1, -0.05) is 56.9 Å². The smallest absolute Gasteiger partial charge is 0.323 e. The Hall–Kier alpha value is -2.84. The second-order valence-corrected chi connectivity index (χ2v) is 10.2. The number of benzene rings is 2. The number of hydrogen-bond acceptors (Lipinski definition) is 6. The number of carbonyl (C=O) groups excluding carboxylic acids is 1. The lowest BCUT2D eigenvalue weighted by atomic mass is 9.84. The van der Waals surface area contributed by atoms with Crippen LogP contribution in [0.4, 0.5) is 0 Å². The molecule has 1 N–H and O–H groups in total. The summed E-state index contributed by atoms with van der Waals surface area (Å²) in [5.41, 5.74) is 3.68. The number of thiocarbonyl (C=S) groups is 1. The molecule has 0 unspecified atom stereocenters. The highest BCUT2D eigenvalue weighted by molar-refractivity contribution is 8.26. The number of carbonyl (C=O) groups is 2. The largest absolute Gasteiger partial charge is 0.496 e. The second-order valence-electron chi connectivity index (χ2n) is 8.51. The summed E-state index contributed by atoms with van der Waals surface area (Å²) < 4.78 is 11.6. The number of ether oxygens (including phenoxy) is 2. The van der Waals surface area contributed by atoms with Gasteiger partial charge in [0.15, 0.2) is 0 Å². The van der Waals surface area contributed by atoms with Crippen molar-refractivity contribution in [1.29, 1.82) is 0 Å². The Labute approximate surface area is 203 Å². The molecule has 1 amide bonds. The lowest BCUT2D eigenvalue weighted by molar-refractivity contribution is -0.140. The van der Waals surface area contributed by atoms with Crippen molar-refractivity contribution in [2.75, 3.05) is 20.3 Å². The van der Waals surface area contributed by atoms with E-state index in [4.69, 9.17) is 26.8 Å². The Balaban J connectivity index is 2.06. The zero-order valence-corrected chi connectivity index (χ0v) is 20.9. The van der Waals surface area contributed by atoms with E-state index in [0.717, 1.165) is 44.7 Å². The van der Waals surface area contributed by atoms with Crippen LogP contribution in [-0.4, -0.2) is 46.5 Å². The first-order valence-corrected chi connectivity index (χ1v) is 11.7. The van der Waals surface area contributed by atoms with Crippen LogP contribution in [0.15, 0.2) is 41.3 Å². The molecule has 0 saturated carbocycles. The fraction of sp³-hybridized carbons (Fsp3) is 0.320. The molecule has 0 spiro atoms. The van der Waals surface area contributed by atoms with Gasteiger partial charge in [0.05, 0.1) is 18.6 Å². The van der Waals surface area contributed by atoms with Gasteiger partial charge in [-0.25, -0.2) is 0 Å². The number of amides is 1. The molecule has 0 aromatic heterocycles. The van der Waals surface area contributed by atoms with E-state index in [9.17, 15) is 9.59 Å². The minimum Gasteiger partial charge on any atom is -0.496 e. The van der Waals surface area contributed by atoms with Crippen molar-refractivity contribution in [2.24, 2.45) is 0 Å². The summed E-state index contributed by atoms with van der Waals surface area (Å²) in [6, 6.07) is 11.9. The van der Waals surface area contributed by atoms with Gasteiger partial charge >= 0.3 is 5.97 Å². The molecule has 0 aliphatic carbocycles. The van der Waals surface area contributed by atoms with Gasteiger partial charge in [0.25, 0.3) is 5.91 Å². The average molecular weight is 486 g/mol. The van der Waals surface area contributed by atoms with Crippen LogP contribution in [0.5, 0.6) is 11.5 Å². The number of aliphatic carboxylic acids is 1. The van der Waals surface area contributed by atoms with Crippen molar-refractivity contribution in [3.05, 3.63) is 52.4 Å². The van der Waals surface area contributed by atoms with Crippen LogP contribution >= 0.6 is 24.0 Å². The van der Waals surface area contributed by atoms with Gasteiger partial charge in [0, 0.05) is 11.1 Å². The molecular weight excluding hydrogens is 458 g/mol. The maximum Gasteiger partial charge on any atom is 0.323 e. The van der Waals surface area contributed by atoms with Gasteiger partial charge in [-0.05, 0) is 53.8 Å². The molecule has 0 atom stereocenters. The van der Waals surface area contributed by atoms with Crippen molar-refractivity contribution in [1.82, 2.24) is 4.90 Å². The van der Waals surface area contributed by atoms with Crippen molar-refractivity contribution in [3.63, 3.8) is 0 Å². The van der Waals surface area contributed by atoms with Gasteiger partial charge in [-0.15, -0.1) is 0 Å². The number of nitrogens with zero attached hydrogens (tertiary/aromatic N) is 1. The van der Waals surface area contributed by atoms with Crippen LogP contribution in [0.2, 0.25) is 0 Å². The molecule has 174 valence electrons. The monoisotopic (exact) mass is 485 g/mol. The van der Waals surface area contributed by atoms with Crippen LogP contribution in [0.3, 0.4) is 0 Å². The van der Waals surface area contributed by atoms with Crippen molar-refractivity contribution >= 4 is 46.3 Å². The molecule has 1 aliphatic rings. The number of carboxylic acids is 1. The van der Waals surface area contributed by atoms with Gasteiger partial charge in [-0.3, -0.25) is 14.5 Å². The maximum absolute atomic E-state index is 12.7. The summed E-state index contributed by atoms with van der Waals surface area (Å²) in [5, 5.41) is 9.07. The highest BCUT2D eigenvalue weighted by atomic mass is 32.2. The third-order valence-electron chi connectivity index (χ3n) is 5.10. The molecule has 0 radical (unpaired) electrons. The predicted octanol–water partition coefficient (Wildman–Crippen LogP) is 5.34. The summed E-state index contributed by atoms with van der Waals surface area (Å²) in [7, 11) is 1.67. The van der Waals surface area contributed by atoms with Crippen molar-refractivity contribution in [3.8, 4) is 22.6 Å². The predicted molar refractivity (Wildman–Crippen MR) is 136 cm³/mol. The second kappa shape index (κ2) is 9.97. The van der Waals surface area contributed by atoms with E-state index in [-0.39, 0.29) is 9.74 Å². The zero-order valence-electron chi connectivity index (χ0n) is 19.3. The maximum atomic E-state index is 12.7. The van der Waals surface area contributed by atoms with Crippen LogP contribution in [-0.2, 0) is 15.0 Å². The Morgan fingerprint density at radius 3 is 2.36 bits per heavy atom. The van der Waals surface area contributed by atoms with Crippen molar-refractivity contribution < 1.29 is 24.2 Å². The molecule has 0 bridgehead atoms. The minimum atomic E-state index is -1.11. The molecule has 2 aromatic rings. The van der Waals surface area contributed by atoms with Gasteiger partial charge in [0.1, 0.15) is 22.4 Å². The number of carboxylic acid groups (broad SMARTS) is 1. The molecule has 1 fully saturated rings. The average Bonchev–Trinajstić information content (AvgIpc) is 3.01. The Morgan fingerprint density at radius 2 is 1.79 bits per heavy atom. The quantitative estimate of drug-likeness (QED) is 0.419. The Morgan fingerprint density at radius 1 is 1.15 bits per heavy atom. The molecule has 1 heterocycles. The number of rotatable bonds is 7. The lowest BCUT2D eigenvalue weighted by Gasteiger charge is -2.23. The third kappa shape index (κ3) is 5.57. The van der Waals surface area contributed by atoms with E-state index in [1.54, 1.807) is 13.2 Å². The van der Waals surface area contributed by atoms with E-state index in [1.165, 1.54) is 0 Å². The van der Waals surface area contributed by atoms with Crippen LogP contribution < -0.4 is 9.47 Å². The Kier molecular flexibility index (Phi) is 7.49. The molecule has 1 saturated heterocycles. The molecule has 2 aromatic carbocycles. The summed E-state index contributed by atoms with van der Waals surface area (Å²) in [5.74, 6) is -0.0627. The van der Waals surface area contributed by atoms with E-state index in [0.29, 0.717) is 17.3 Å². The van der Waals surface area contributed by atoms with E-state index in [2.05, 4.69) is 26.8 Å². The van der Waals surface area contributed by atoms with Gasteiger partial charge in [0.2, 0.25) is 0 Å².